The second kappa shape index (κ2) is 4.73. The van der Waals surface area contributed by atoms with Gasteiger partial charge in [0.05, 0.1) is 5.60 Å². The van der Waals surface area contributed by atoms with E-state index in [-0.39, 0.29) is 11.7 Å². The van der Waals surface area contributed by atoms with Gasteiger partial charge in [0.2, 0.25) is 0 Å². The quantitative estimate of drug-likeness (QED) is 0.892. The lowest BCUT2D eigenvalue weighted by atomic mass is 9.90. The minimum atomic E-state index is -0.743. The van der Waals surface area contributed by atoms with Crippen molar-refractivity contribution < 1.29 is 9.90 Å². The zero-order valence-corrected chi connectivity index (χ0v) is 11.3. The monoisotopic (exact) mass is 247 g/mol. The predicted molar refractivity (Wildman–Crippen MR) is 73.1 cm³/mol. The Morgan fingerprint density at radius 1 is 1.39 bits per heavy atom. The zero-order chi connectivity index (χ0) is 13.3. The van der Waals surface area contributed by atoms with E-state index in [1.54, 1.807) is 0 Å². The normalized spacial score (nSPS) is 18.7. The topological polar surface area (TPSA) is 40.5 Å². The molecule has 1 atom stereocenters. The minimum Gasteiger partial charge on any atom is -0.388 e. The number of anilines is 1. The highest BCUT2D eigenvalue weighted by atomic mass is 16.3. The Balaban J connectivity index is 2.27. The Bertz CT molecular complexity index is 452. The molecular formula is C15H21NO2. The maximum Gasteiger partial charge on any atom is 0.166 e. The van der Waals surface area contributed by atoms with Crippen molar-refractivity contribution in [3.8, 4) is 0 Å². The summed E-state index contributed by atoms with van der Waals surface area (Å²) in [6.45, 7) is 7.15. The molecule has 0 radical (unpaired) electrons. The van der Waals surface area contributed by atoms with Crippen molar-refractivity contribution in [3.63, 3.8) is 0 Å². The molecular weight excluding hydrogens is 226 g/mol. The molecule has 0 fully saturated rings. The summed E-state index contributed by atoms with van der Waals surface area (Å²) in [6, 6.07) is 7.66. The Morgan fingerprint density at radius 3 is 2.72 bits per heavy atom. The number of carbonyl (C=O) groups is 1. The summed E-state index contributed by atoms with van der Waals surface area (Å²) in [4.78, 5) is 14.0. The fourth-order valence-corrected chi connectivity index (χ4v) is 2.21. The first kappa shape index (κ1) is 13.1. The van der Waals surface area contributed by atoms with Crippen molar-refractivity contribution in [2.75, 3.05) is 18.0 Å². The summed E-state index contributed by atoms with van der Waals surface area (Å²) in [7, 11) is 0. The van der Waals surface area contributed by atoms with Crippen LogP contribution in [0.25, 0.3) is 0 Å². The van der Waals surface area contributed by atoms with Crippen LogP contribution < -0.4 is 4.90 Å². The number of ketones is 1. The molecule has 2 rings (SSSR count). The van der Waals surface area contributed by atoms with E-state index in [4.69, 9.17) is 0 Å². The zero-order valence-electron chi connectivity index (χ0n) is 11.3. The largest absolute Gasteiger partial charge is 0.388 e. The summed E-state index contributed by atoms with van der Waals surface area (Å²) in [6.07, 6.45) is 0.533. The molecule has 0 aliphatic carbocycles. The first-order chi connectivity index (χ1) is 8.42. The maximum absolute atomic E-state index is 11.8. The highest BCUT2D eigenvalue weighted by molar-refractivity contribution is 6.03. The van der Waals surface area contributed by atoms with Crippen LogP contribution in [0.3, 0.4) is 0 Å². The predicted octanol–water partition coefficient (Wildman–Crippen LogP) is 2.49. The summed E-state index contributed by atoms with van der Waals surface area (Å²) < 4.78 is 0. The Morgan fingerprint density at radius 2 is 2.06 bits per heavy atom. The first-order valence-corrected chi connectivity index (χ1v) is 6.51. The molecule has 0 saturated heterocycles. The number of para-hydroxylation sites is 1. The number of hydrogen-bond donors (Lipinski definition) is 1. The molecule has 98 valence electrons. The van der Waals surface area contributed by atoms with Gasteiger partial charge in [-0.3, -0.25) is 4.79 Å². The number of β-amino-alcohol motifs (C(OH)–C–C–N with tert-alkyl or cyclic N) is 1. The Kier molecular flexibility index (Phi) is 3.44. The molecule has 0 amide bonds. The van der Waals surface area contributed by atoms with Crippen LogP contribution in [0.15, 0.2) is 24.3 Å². The number of carbonyl (C=O) groups excluding carboxylic acids is 1. The summed E-state index contributed by atoms with van der Waals surface area (Å²) >= 11 is 0. The van der Waals surface area contributed by atoms with Crippen molar-refractivity contribution in [1.29, 1.82) is 0 Å². The number of Topliss-reactive ketones (excluding diaryl/α,β-unsaturated/α-hetero) is 1. The fraction of sp³-hybridized carbons (Fsp3) is 0.533. The lowest BCUT2D eigenvalue weighted by molar-refractivity contribution is 0.0203. The molecule has 3 heteroatoms. The molecule has 1 unspecified atom stereocenters. The van der Waals surface area contributed by atoms with E-state index in [1.807, 2.05) is 45.0 Å². The summed E-state index contributed by atoms with van der Waals surface area (Å²) in [5.41, 5.74) is 0.992. The van der Waals surface area contributed by atoms with Crippen LogP contribution >= 0.6 is 0 Å². The molecule has 1 heterocycles. The standard InChI is InChI=1S/C15H21NO2/c1-11(2)15(3,18)10-16-9-8-14(17)12-6-4-5-7-13(12)16/h4-7,11,18H,8-10H2,1-3H3. The van der Waals surface area contributed by atoms with Crippen molar-refractivity contribution >= 4 is 11.5 Å². The SMILES string of the molecule is CC(C)C(C)(O)CN1CCC(=O)c2ccccc21. The first-order valence-electron chi connectivity index (χ1n) is 6.51. The van der Waals surface area contributed by atoms with Gasteiger partial charge in [-0.25, -0.2) is 0 Å². The molecule has 1 N–H and O–H groups in total. The van der Waals surface area contributed by atoms with Gasteiger partial charge in [0.25, 0.3) is 0 Å². The molecule has 0 bridgehead atoms. The van der Waals surface area contributed by atoms with E-state index >= 15 is 0 Å². The number of aliphatic hydroxyl groups is 1. The average molecular weight is 247 g/mol. The van der Waals surface area contributed by atoms with Gasteiger partial charge in [0.15, 0.2) is 5.78 Å². The van der Waals surface area contributed by atoms with Crippen LogP contribution in [0.5, 0.6) is 0 Å². The van der Waals surface area contributed by atoms with Gasteiger partial charge in [-0.05, 0) is 25.0 Å². The lowest BCUT2D eigenvalue weighted by Crippen LogP contribution is -2.47. The second-order valence-corrected chi connectivity index (χ2v) is 5.62. The lowest BCUT2D eigenvalue weighted by Gasteiger charge is -2.38. The molecule has 1 aliphatic heterocycles. The van der Waals surface area contributed by atoms with Crippen molar-refractivity contribution in [1.82, 2.24) is 0 Å². The van der Waals surface area contributed by atoms with Crippen LogP contribution in [-0.4, -0.2) is 29.6 Å². The molecule has 18 heavy (non-hydrogen) atoms. The smallest absolute Gasteiger partial charge is 0.166 e. The highest BCUT2D eigenvalue weighted by Crippen LogP contribution is 2.29. The van der Waals surface area contributed by atoms with Crippen LogP contribution in [-0.2, 0) is 0 Å². The van der Waals surface area contributed by atoms with Crippen molar-refractivity contribution in [3.05, 3.63) is 29.8 Å². The van der Waals surface area contributed by atoms with E-state index in [1.165, 1.54) is 0 Å². The molecule has 1 aromatic carbocycles. The van der Waals surface area contributed by atoms with Gasteiger partial charge in [0.1, 0.15) is 0 Å². The van der Waals surface area contributed by atoms with E-state index in [0.717, 1.165) is 11.3 Å². The van der Waals surface area contributed by atoms with Gasteiger partial charge >= 0.3 is 0 Å². The van der Waals surface area contributed by atoms with Crippen LogP contribution in [0.4, 0.5) is 5.69 Å². The van der Waals surface area contributed by atoms with Gasteiger partial charge in [-0.15, -0.1) is 0 Å². The summed E-state index contributed by atoms with van der Waals surface area (Å²) in [5, 5.41) is 10.4. The number of fused-ring (bicyclic) bond motifs is 1. The number of hydrogen-bond acceptors (Lipinski definition) is 3. The van der Waals surface area contributed by atoms with Crippen LogP contribution in [0, 0.1) is 5.92 Å². The number of nitrogens with zero attached hydrogens (tertiary/aromatic N) is 1. The Hall–Kier alpha value is -1.35. The molecule has 1 aliphatic rings. The van der Waals surface area contributed by atoms with Gasteiger partial charge in [0, 0.05) is 30.8 Å². The minimum absolute atomic E-state index is 0.183. The average Bonchev–Trinajstić information content (AvgIpc) is 2.33. The maximum atomic E-state index is 11.8. The fourth-order valence-electron chi connectivity index (χ4n) is 2.21. The molecule has 0 spiro atoms. The molecule has 0 aromatic heterocycles. The van der Waals surface area contributed by atoms with Crippen molar-refractivity contribution in [2.24, 2.45) is 5.92 Å². The molecule has 3 nitrogen and oxygen atoms in total. The molecule has 0 saturated carbocycles. The van der Waals surface area contributed by atoms with Crippen LogP contribution in [0.1, 0.15) is 37.6 Å². The van der Waals surface area contributed by atoms with E-state index in [9.17, 15) is 9.90 Å². The summed E-state index contributed by atoms with van der Waals surface area (Å²) in [5.74, 6) is 0.383. The third kappa shape index (κ3) is 2.41. The number of benzene rings is 1. The van der Waals surface area contributed by atoms with Gasteiger partial charge in [-0.2, -0.15) is 0 Å². The third-order valence-electron chi connectivity index (χ3n) is 3.91. The van der Waals surface area contributed by atoms with E-state index < -0.39 is 5.60 Å². The highest BCUT2D eigenvalue weighted by Gasteiger charge is 2.31. The number of rotatable bonds is 3. The van der Waals surface area contributed by atoms with Gasteiger partial charge in [-0.1, -0.05) is 26.0 Å². The van der Waals surface area contributed by atoms with Crippen LogP contribution in [0.2, 0.25) is 0 Å². The van der Waals surface area contributed by atoms with Gasteiger partial charge < -0.3 is 10.0 Å². The van der Waals surface area contributed by atoms with Crippen molar-refractivity contribution in [2.45, 2.75) is 32.8 Å². The van der Waals surface area contributed by atoms with E-state index in [2.05, 4.69) is 4.90 Å². The van der Waals surface area contributed by atoms with E-state index in [0.29, 0.717) is 19.5 Å². The second-order valence-electron chi connectivity index (χ2n) is 5.62. The third-order valence-corrected chi connectivity index (χ3v) is 3.91. The molecule has 1 aromatic rings. The Labute approximate surface area is 108 Å².